The molecule has 0 saturated heterocycles. The molecule has 0 bridgehead atoms. The minimum atomic E-state index is -0.602. The molecule has 2 aromatic heterocycles. The molecule has 0 amide bonds. The van der Waals surface area contributed by atoms with Crippen LogP contribution in [0.3, 0.4) is 0 Å². The Kier molecular flexibility index (Phi) is 4.67. The van der Waals surface area contributed by atoms with Crippen molar-refractivity contribution in [3.63, 3.8) is 0 Å². The predicted molar refractivity (Wildman–Crippen MR) is 100 cm³/mol. The minimum Gasteiger partial charge on any atom is -0.454 e. The lowest BCUT2D eigenvalue weighted by molar-refractivity contribution is -0.146. The van der Waals surface area contributed by atoms with Crippen LogP contribution >= 0.6 is 0 Å². The first-order chi connectivity index (χ1) is 13.6. The van der Waals surface area contributed by atoms with Crippen LogP contribution in [0.4, 0.5) is 0 Å². The Labute approximate surface area is 159 Å². The number of hydrogen-bond donors (Lipinski definition) is 0. The van der Waals surface area contributed by atoms with Crippen LogP contribution in [-0.2, 0) is 22.7 Å². The van der Waals surface area contributed by atoms with Crippen LogP contribution in [0, 0.1) is 6.92 Å². The highest BCUT2D eigenvalue weighted by Crippen LogP contribution is 2.19. The second-order valence-electron chi connectivity index (χ2n) is 6.23. The number of hydrogen-bond acceptors (Lipinski definition) is 7. The van der Waals surface area contributed by atoms with E-state index in [1.54, 1.807) is 24.3 Å². The van der Waals surface area contributed by atoms with E-state index < -0.39 is 5.97 Å². The van der Waals surface area contributed by atoms with Crippen LogP contribution < -0.4 is 5.56 Å². The molecule has 0 atom stereocenters. The van der Waals surface area contributed by atoms with E-state index >= 15 is 0 Å². The molecule has 0 saturated carbocycles. The van der Waals surface area contributed by atoms with Gasteiger partial charge in [-0.3, -0.25) is 14.2 Å². The van der Waals surface area contributed by atoms with Gasteiger partial charge in [0.15, 0.2) is 6.61 Å². The number of carbonyl (C=O) groups excluding carboxylic acids is 1. The summed E-state index contributed by atoms with van der Waals surface area (Å²) in [5, 5.41) is 8.29. The summed E-state index contributed by atoms with van der Waals surface area (Å²) in [7, 11) is 0. The van der Waals surface area contributed by atoms with Crippen molar-refractivity contribution in [3.05, 3.63) is 76.7 Å². The van der Waals surface area contributed by atoms with Gasteiger partial charge in [0.1, 0.15) is 6.54 Å². The number of benzene rings is 2. The van der Waals surface area contributed by atoms with Crippen molar-refractivity contribution in [3.8, 4) is 11.5 Å². The molecule has 0 unspecified atom stereocenters. The summed E-state index contributed by atoms with van der Waals surface area (Å²) in [6.07, 6.45) is 1.33. The molecule has 0 radical (unpaired) electrons. The van der Waals surface area contributed by atoms with Crippen LogP contribution in [0.1, 0.15) is 11.5 Å². The lowest BCUT2D eigenvalue weighted by atomic mass is 10.1. The van der Waals surface area contributed by atoms with Crippen LogP contribution in [0.15, 0.2) is 64.1 Å². The third kappa shape index (κ3) is 3.66. The van der Waals surface area contributed by atoms with E-state index in [1.165, 1.54) is 10.9 Å². The van der Waals surface area contributed by atoms with Gasteiger partial charge < -0.3 is 9.15 Å². The zero-order chi connectivity index (χ0) is 19.5. The first kappa shape index (κ1) is 17.6. The van der Waals surface area contributed by atoms with Crippen molar-refractivity contribution in [2.45, 2.75) is 20.1 Å². The van der Waals surface area contributed by atoms with Gasteiger partial charge in [0.05, 0.1) is 17.2 Å². The predicted octanol–water partition coefficient (Wildman–Crippen LogP) is 2.50. The Morgan fingerprint density at radius 3 is 2.86 bits per heavy atom. The Balaban J connectivity index is 1.41. The number of para-hydroxylation sites is 1. The largest absolute Gasteiger partial charge is 0.454 e. The highest BCUT2D eigenvalue weighted by molar-refractivity contribution is 5.77. The maximum Gasteiger partial charge on any atom is 0.326 e. The zero-order valence-electron chi connectivity index (χ0n) is 15.0. The minimum absolute atomic E-state index is 0.173. The Morgan fingerprint density at radius 2 is 2.00 bits per heavy atom. The van der Waals surface area contributed by atoms with Crippen LogP contribution in [-0.4, -0.2) is 25.7 Å². The van der Waals surface area contributed by atoms with E-state index in [2.05, 4.69) is 15.2 Å². The van der Waals surface area contributed by atoms with E-state index in [4.69, 9.17) is 9.15 Å². The fourth-order valence-corrected chi connectivity index (χ4v) is 2.75. The SMILES string of the molecule is Cc1cccc(-c2nnc(COC(=O)Cn3cnc4ccccc4c3=O)o2)c1. The van der Waals surface area contributed by atoms with Gasteiger partial charge in [-0.15, -0.1) is 10.2 Å². The molecule has 2 aromatic carbocycles. The maximum atomic E-state index is 12.4. The molecule has 28 heavy (non-hydrogen) atoms. The van der Waals surface area contributed by atoms with Crippen molar-refractivity contribution in [1.29, 1.82) is 0 Å². The number of ether oxygens (including phenoxy) is 1. The van der Waals surface area contributed by atoms with Crippen molar-refractivity contribution in [2.75, 3.05) is 0 Å². The van der Waals surface area contributed by atoms with Gasteiger partial charge in [-0.1, -0.05) is 29.8 Å². The fraction of sp³-hybridized carbons (Fsp3) is 0.150. The molecule has 8 nitrogen and oxygen atoms in total. The molecule has 140 valence electrons. The zero-order valence-corrected chi connectivity index (χ0v) is 15.0. The van der Waals surface area contributed by atoms with Gasteiger partial charge in [-0.25, -0.2) is 4.98 Å². The highest BCUT2D eigenvalue weighted by Gasteiger charge is 2.13. The first-order valence-corrected chi connectivity index (χ1v) is 8.59. The first-order valence-electron chi connectivity index (χ1n) is 8.59. The number of rotatable bonds is 5. The van der Waals surface area contributed by atoms with Gasteiger partial charge in [0.2, 0.25) is 5.89 Å². The average molecular weight is 376 g/mol. The smallest absolute Gasteiger partial charge is 0.326 e. The number of nitrogens with zero attached hydrogens (tertiary/aromatic N) is 4. The van der Waals surface area contributed by atoms with Gasteiger partial charge in [0.25, 0.3) is 11.4 Å². The van der Waals surface area contributed by atoms with E-state index in [-0.39, 0.29) is 24.6 Å². The Hall–Kier alpha value is -3.81. The maximum absolute atomic E-state index is 12.4. The van der Waals surface area contributed by atoms with Crippen LogP contribution in [0.5, 0.6) is 0 Å². The molecule has 0 N–H and O–H groups in total. The summed E-state index contributed by atoms with van der Waals surface area (Å²) in [6, 6.07) is 14.6. The molecule has 0 aliphatic heterocycles. The fourth-order valence-electron chi connectivity index (χ4n) is 2.75. The molecule has 0 spiro atoms. The molecule has 4 aromatic rings. The molecular weight excluding hydrogens is 360 g/mol. The summed E-state index contributed by atoms with van der Waals surface area (Å²) >= 11 is 0. The quantitative estimate of drug-likeness (QED) is 0.493. The summed E-state index contributed by atoms with van der Waals surface area (Å²) in [5.74, 6) is -0.0759. The van der Waals surface area contributed by atoms with Crippen molar-refractivity contribution in [2.24, 2.45) is 0 Å². The molecular formula is C20H16N4O4. The highest BCUT2D eigenvalue weighted by atomic mass is 16.5. The molecule has 0 aliphatic carbocycles. The van der Waals surface area contributed by atoms with Gasteiger partial charge in [-0.2, -0.15) is 0 Å². The molecule has 8 heteroatoms. The lowest BCUT2D eigenvalue weighted by Crippen LogP contribution is -2.25. The average Bonchev–Trinajstić information content (AvgIpc) is 3.18. The van der Waals surface area contributed by atoms with E-state index in [0.29, 0.717) is 16.8 Å². The number of aromatic nitrogens is 4. The van der Waals surface area contributed by atoms with Gasteiger partial charge >= 0.3 is 5.97 Å². The molecule has 2 heterocycles. The monoisotopic (exact) mass is 376 g/mol. The van der Waals surface area contributed by atoms with Crippen LogP contribution in [0.25, 0.3) is 22.4 Å². The van der Waals surface area contributed by atoms with Gasteiger partial charge in [-0.05, 0) is 31.2 Å². The second kappa shape index (κ2) is 7.43. The van der Waals surface area contributed by atoms with E-state index in [0.717, 1.165) is 11.1 Å². The topological polar surface area (TPSA) is 100 Å². The second-order valence-corrected chi connectivity index (χ2v) is 6.23. The summed E-state index contributed by atoms with van der Waals surface area (Å²) in [4.78, 5) is 28.7. The van der Waals surface area contributed by atoms with Gasteiger partial charge in [0, 0.05) is 5.56 Å². The molecule has 4 rings (SSSR count). The number of esters is 1. The summed E-state index contributed by atoms with van der Waals surface area (Å²) < 4.78 is 11.9. The van der Waals surface area contributed by atoms with Crippen LogP contribution in [0.2, 0.25) is 0 Å². The third-order valence-corrected chi connectivity index (χ3v) is 4.12. The summed E-state index contributed by atoms with van der Waals surface area (Å²) in [5.41, 5.74) is 2.13. The number of fused-ring (bicyclic) bond motifs is 1. The van der Waals surface area contributed by atoms with Crippen molar-refractivity contribution < 1.29 is 13.9 Å². The standard InChI is InChI=1S/C20H16N4O4/c1-13-5-4-6-14(9-13)19-23-22-17(28-19)11-27-18(25)10-24-12-21-16-8-3-2-7-15(16)20(24)26/h2-9,12H,10-11H2,1H3. The number of aryl methyl sites for hydroxylation is 1. The Bertz CT molecular complexity index is 1210. The summed E-state index contributed by atoms with van der Waals surface area (Å²) in [6.45, 7) is 1.54. The Morgan fingerprint density at radius 1 is 1.14 bits per heavy atom. The lowest BCUT2D eigenvalue weighted by Gasteiger charge is -2.06. The molecule has 0 fully saturated rings. The van der Waals surface area contributed by atoms with E-state index in [1.807, 2.05) is 31.2 Å². The molecule has 0 aliphatic rings. The van der Waals surface area contributed by atoms with Crippen molar-refractivity contribution >= 4 is 16.9 Å². The third-order valence-electron chi connectivity index (χ3n) is 4.12. The normalized spacial score (nSPS) is 10.9. The number of carbonyl (C=O) groups is 1. The van der Waals surface area contributed by atoms with E-state index in [9.17, 15) is 9.59 Å². The van der Waals surface area contributed by atoms with Crippen molar-refractivity contribution in [1.82, 2.24) is 19.7 Å².